The second kappa shape index (κ2) is 11.8. The van der Waals surface area contributed by atoms with E-state index in [1.807, 2.05) is 6.92 Å². The second-order valence-corrected chi connectivity index (χ2v) is 6.43. The molecule has 0 unspecified atom stereocenters. The molecule has 0 saturated carbocycles. The van der Waals surface area contributed by atoms with E-state index < -0.39 is 0 Å². The number of hydrogen-bond donors (Lipinski definition) is 2. The van der Waals surface area contributed by atoms with Crippen molar-refractivity contribution in [2.75, 3.05) is 40.0 Å². The number of ether oxygens (including phenoxy) is 3. The van der Waals surface area contributed by atoms with Crippen molar-refractivity contribution in [1.82, 2.24) is 10.6 Å². The number of guanidine groups is 1. The van der Waals surface area contributed by atoms with Crippen LogP contribution in [0.4, 0.5) is 0 Å². The average molecular weight is 364 g/mol. The van der Waals surface area contributed by atoms with Crippen LogP contribution in [0.5, 0.6) is 5.75 Å². The molecule has 26 heavy (non-hydrogen) atoms. The van der Waals surface area contributed by atoms with Gasteiger partial charge in [-0.3, -0.25) is 4.99 Å². The van der Waals surface area contributed by atoms with E-state index in [1.165, 1.54) is 5.56 Å². The number of aryl methyl sites for hydroxylation is 1. The van der Waals surface area contributed by atoms with Crippen LogP contribution >= 0.6 is 0 Å². The molecule has 1 aromatic carbocycles. The molecule has 0 aromatic heterocycles. The van der Waals surface area contributed by atoms with Crippen molar-refractivity contribution in [3.05, 3.63) is 29.3 Å². The average Bonchev–Trinajstić information content (AvgIpc) is 2.66. The second-order valence-electron chi connectivity index (χ2n) is 6.43. The molecule has 6 heteroatoms. The van der Waals surface area contributed by atoms with Gasteiger partial charge in [-0.05, 0) is 44.7 Å². The van der Waals surface area contributed by atoms with Crippen LogP contribution in [0.3, 0.4) is 0 Å². The Labute approximate surface area is 157 Å². The molecule has 1 aliphatic heterocycles. The van der Waals surface area contributed by atoms with Gasteiger partial charge in [0.25, 0.3) is 0 Å². The third kappa shape index (κ3) is 7.22. The van der Waals surface area contributed by atoms with Crippen molar-refractivity contribution in [1.29, 1.82) is 0 Å². The zero-order valence-corrected chi connectivity index (χ0v) is 16.3. The Balaban J connectivity index is 1.67. The molecule has 0 spiro atoms. The zero-order chi connectivity index (χ0) is 18.6. The Morgan fingerprint density at radius 3 is 2.81 bits per heavy atom. The van der Waals surface area contributed by atoms with Crippen molar-refractivity contribution in [3.8, 4) is 5.75 Å². The van der Waals surface area contributed by atoms with Crippen LogP contribution in [0.15, 0.2) is 23.2 Å². The molecule has 0 atom stereocenters. The summed E-state index contributed by atoms with van der Waals surface area (Å²) in [5.74, 6) is 1.72. The fraction of sp³-hybridized carbons (Fsp3) is 0.650. The van der Waals surface area contributed by atoms with Gasteiger partial charge in [0.1, 0.15) is 5.75 Å². The lowest BCUT2D eigenvalue weighted by Gasteiger charge is -2.22. The topological polar surface area (TPSA) is 64.1 Å². The Bertz CT molecular complexity index is 557. The quantitative estimate of drug-likeness (QED) is 0.401. The number of rotatable bonds is 9. The van der Waals surface area contributed by atoms with E-state index in [9.17, 15) is 0 Å². The molecule has 2 rings (SSSR count). The van der Waals surface area contributed by atoms with Gasteiger partial charge in [-0.15, -0.1) is 0 Å². The fourth-order valence-electron chi connectivity index (χ4n) is 2.87. The van der Waals surface area contributed by atoms with Gasteiger partial charge in [0.05, 0.1) is 12.7 Å². The van der Waals surface area contributed by atoms with Gasteiger partial charge < -0.3 is 24.8 Å². The summed E-state index contributed by atoms with van der Waals surface area (Å²) in [6.45, 7) is 8.65. The zero-order valence-electron chi connectivity index (χ0n) is 16.3. The first-order valence-electron chi connectivity index (χ1n) is 9.59. The number of hydrogen-bond acceptors (Lipinski definition) is 4. The van der Waals surface area contributed by atoms with Gasteiger partial charge in [-0.2, -0.15) is 0 Å². The molecule has 1 heterocycles. The minimum atomic E-state index is 0.361. The summed E-state index contributed by atoms with van der Waals surface area (Å²) in [6.07, 6.45) is 3.33. The molecule has 0 amide bonds. The molecule has 0 bridgehead atoms. The van der Waals surface area contributed by atoms with Crippen LogP contribution in [-0.4, -0.2) is 52.1 Å². The number of benzene rings is 1. The largest absolute Gasteiger partial charge is 0.494 e. The monoisotopic (exact) mass is 363 g/mol. The number of nitrogens with one attached hydrogen (secondary N) is 2. The molecule has 2 N–H and O–H groups in total. The van der Waals surface area contributed by atoms with E-state index in [4.69, 9.17) is 14.2 Å². The predicted octanol–water partition coefficient (Wildman–Crippen LogP) is 2.64. The molecule has 1 aliphatic rings. The van der Waals surface area contributed by atoms with Crippen molar-refractivity contribution < 1.29 is 14.2 Å². The van der Waals surface area contributed by atoms with Gasteiger partial charge in [0.2, 0.25) is 0 Å². The lowest BCUT2D eigenvalue weighted by Crippen LogP contribution is -2.37. The van der Waals surface area contributed by atoms with Crippen molar-refractivity contribution in [3.63, 3.8) is 0 Å². The minimum Gasteiger partial charge on any atom is -0.494 e. The first-order chi connectivity index (χ1) is 12.7. The van der Waals surface area contributed by atoms with Crippen molar-refractivity contribution in [2.24, 2.45) is 4.99 Å². The molecule has 0 aliphatic carbocycles. The van der Waals surface area contributed by atoms with Crippen molar-refractivity contribution >= 4 is 5.96 Å². The molecular weight excluding hydrogens is 330 g/mol. The summed E-state index contributed by atoms with van der Waals surface area (Å²) in [5.41, 5.74) is 2.33. The molecular formula is C20H33N3O3. The van der Waals surface area contributed by atoms with Crippen LogP contribution in [0, 0.1) is 6.92 Å². The fourth-order valence-corrected chi connectivity index (χ4v) is 2.87. The van der Waals surface area contributed by atoms with E-state index in [-0.39, 0.29) is 0 Å². The summed E-state index contributed by atoms with van der Waals surface area (Å²) < 4.78 is 17.0. The van der Waals surface area contributed by atoms with E-state index in [0.29, 0.717) is 19.3 Å². The lowest BCUT2D eigenvalue weighted by molar-refractivity contribution is -0.0320. The van der Waals surface area contributed by atoms with Crippen molar-refractivity contribution in [2.45, 2.75) is 45.8 Å². The van der Waals surface area contributed by atoms with Crippen LogP contribution in [0.25, 0.3) is 0 Å². The molecule has 1 fully saturated rings. The van der Waals surface area contributed by atoms with Gasteiger partial charge >= 0.3 is 0 Å². The minimum absolute atomic E-state index is 0.361. The standard InChI is InChI=1S/C20H33N3O3/c1-4-25-19-14-16(2)6-7-17(19)15-23-20(21-3)22-10-5-11-26-18-8-12-24-13-9-18/h6-7,14,18H,4-5,8-13,15H2,1-3H3,(H2,21,22,23). The van der Waals surface area contributed by atoms with Crippen LogP contribution in [0.1, 0.15) is 37.3 Å². The van der Waals surface area contributed by atoms with Gasteiger partial charge in [-0.25, -0.2) is 0 Å². The van der Waals surface area contributed by atoms with Crippen LogP contribution in [0.2, 0.25) is 0 Å². The van der Waals surface area contributed by atoms with Gasteiger partial charge in [0, 0.05) is 45.5 Å². The maximum Gasteiger partial charge on any atom is 0.191 e. The smallest absolute Gasteiger partial charge is 0.191 e. The SMILES string of the molecule is CCOc1cc(C)ccc1CNC(=NC)NCCCOC1CCOCC1. The van der Waals surface area contributed by atoms with Gasteiger partial charge in [-0.1, -0.05) is 12.1 Å². The predicted molar refractivity (Wildman–Crippen MR) is 105 cm³/mol. The normalized spacial score (nSPS) is 15.7. The third-order valence-corrected chi connectivity index (χ3v) is 4.33. The van der Waals surface area contributed by atoms with Gasteiger partial charge in [0.15, 0.2) is 5.96 Å². The van der Waals surface area contributed by atoms with E-state index in [1.54, 1.807) is 7.05 Å². The Morgan fingerprint density at radius 2 is 2.08 bits per heavy atom. The summed E-state index contributed by atoms with van der Waals surface area (Å²) in [5, 5.41) is 6.68. The lowest BCUT2D eigenvalue weighted by atomic mass is 10.1. The summed E-state index contributed by atoms with van der Waals surface area (Å²) in [7, 11) is 1.78. The highest BCUT2D eigenvalue weighted by Crippen LogP contribution is 2.20. The Hall–Kier alpha value is -1.79. The molecule has 1 saturated heterocycles. The molecule has 146 valence electrons. The molecule has 6 nitrogen and oxygen atoms in total. The highest BCUT2D eigenvalue weighted by Gasteiger charge is 2.13. The Morgan fingerprint density at radius 1 is 1.27 bits per heavy atom. The van der Waals surface area contributed by atoms with Crippen LogP contribution in [-0.2, 0) is 16.0 Å². The highest BCUT2D eigenvalue weighted by atomic mass is 16.5. The summed E-state index contributed by atoms with van der Waals surface area (Å²) >= 11 is 0. The van der Waals surface area contributed by atoms with Crippen LogP contribution < -0.4 is 15.4 Å². The molecule has 1 aromatic rings. The Kier molecular flexibility index (Phi) is 9.28. The number of nitrogens with zero attached hydrogens (tertiary/aromatic N) is 1. The summed E-state index contributed by atoms with van der Waals surface area (Å²) in [6, 6.07) is 6.27. The maximum absolute atomic E-state index is 5.88. The third-order valence-electron chi connectivity index (χ3n) is 4.33. The molecule has 0 radical (unpaired) electrons. The maximum atomic E-state index is 5.88. The number of aliphatic imine (C=N–C) groups is 1. The first kappa shape index (κ1) is 20.5. The van der Waals surface area contributed by atoms with E-state index in [2.05, 4.69) is 40.7 Å². The highest BCUT2D eigenvalue weighted by molar-refractivity contribution is 5.79. The first-order valence-corrected chi connectivity index (χ1v) is 9.59. The van der Waals surface area contributed by atoms with E-state index >= 15 is 0 Å². The van der Waals surface area contributed by atoms with E-state index in [0.717, 1.165) is 62.9 Å². The summed E-state index contributed by atoms with van der Waals surface area (Å²) in [4.78, 5) is 4.28.